The average molecular weight is 672 g/mol. The Morgan fingerprint density at radius 2 is 1.12 bits per heavy atom. The first-order valence-electron chi connectivity index (χ1n) is 14.0. The molecule has 0 atom stereocenters. The predicted octanol–water partition coefficient (Wildman–Crippen LogP) is 9.84. The van der Waals surface area contributed by atoms with Crippen LogP contribution in [-0.4, -0.2) is 4.92 Å². The van der Waals surface area contributed by atoms with Crippen LogP contribution in [0.25, 0.3) is 0 Å². The summed E-state index contributed by atoms with van der Waals surface area (Å²) in [5, 5.41) is 11.5. The van der Waals surface area contributed by atoms with E-state index in [9.17, 15) is 32.1 Å². The number of nitro groups is 1. The molecule has 5 rings (SSSR count). The van der Waals surface area contributed by atoms with Crippen LogP contribution >= 0.6 is 0 Å². The average Bonchev–Trinajstić information content (AvgIpc) is 3.07. The van der Waals surface area contributed by atoms with Crippen molar-refractivity contribution < 1.29 is 55.3 Å². The van der Waals surface area contributed by atoms with Crippen molar-refractivity contribution in [3.63, 3.8) is 0 Å². The molecule has 0 spiro atoms. The maximum absolute atomic E-state index is 15.6. The third-order valence-corrected chi connectivity index (χ3v) is 6.63. The van der Waals surface area contributed by atoms with E-state index in [0.717, 1.165) is 35.9 Å². The standard InChI is InChI=1S/C34H23F6NO7/c35-29-28(34(38,39)40)32(47-24-13-11-23(12-14-24)20-46-45-19-22-9-5-2-6-10-22)31(37)33(30(29)36)48-25-15-16-26(41(42)43)27(17-25)44-18-21-7-3-1-4-8-21/h1-17H,18-20H2. The number of halogens is 6. The molecule has 0 saturated carbocycles. The molecule has 5 aromatic carbocycles. The van der Waals surface area contributed by atoms with Crippen LogP contribution in [0.3, 0.4) is 0 Å². The fourth-order valence-corrected chi connectivity index (χ4v) is 4.30. The van der Waals surface area contributed by atoms with Crippen molar-refractivity contribution in [3.8, 4) is 28.7 Å². The summed E-state index contributed by atoms with van der Waals surface area (Å²) >= 11 is 0. The highest BCUT2D eigenvalue weighted by Gasteiger charge is 2.44. The number of benzene rings is 5. The van der Waals surface area contributed by atoms with Crippen LogP contribution in [0.15, 0.2) is 103 Å². The minimum atomic E-state index is -5.59. The van der Waals surface area contributed by atoms with Gasteiger partial charge in [0.2, 0.25) is 23.1 Å². The molecule has 0 radical (unpaired) electrons. The van der Waals surface area contributed by atoms with E-state index in [0.29, 0.717) is 11.1 Å². The van der Waals surface area contributed by atoms with Gasteiger partial charge in [0.15, 0.2) is 11.6 Å². The van der Waals surface area contributed by atoms with E-state index >= 15 is 4.39 Å². The molecular formula is C34H23F6NO7. The molecular weight excluding hydrogens is 648 g/mol. The molecule has 0 aromatic heterocycles. The maximum atomic E-state index is 15.6. The monoisotopic (exact) mass is 671 g/mol. The fraction of sp³-hybridized carbons (Fsp3) is 0.118. The van der Waals surface area contributed by atoms with Crippen LogP contribution in [0, 0.1) is 27.6 Å². The second-order valence-corrected chi connectivity index (χ2v) is 9.99. The lowest BCUT2D eigenvalue weighted by Gasteiger charge is -2.19. The van der Waals surface area contributed by atoms with E-state index in [-0.39, 0.29) is 31.3 Å². The van der Waals surface area contributed by atoms with Gasteiger partial charge in [-0.05, 0) is 34.9 Å². The zero-order chi connectivity index (χ0) is 34.3. The molecule has 0 saturated heterocycles. The third kappa shape index (κ3) is 8.21. The highest BCUT2D eigenvalue weighted by atomic mass is 19.4. The van der Waals surface area contributed by atoms with Gasteiger partial charge in [0.1, 0.15) is 36.9 Å². The minimum Gasteiger partial charge on any atom is -0.482 e. The Morgan fingerprint density at radius 3 is 1.69 bits per heavy atom. The van der Waals surface area contributed by atoms with Gasteiger partial charge in [0.25, 0.3) is 0 Å². The van der Waals surface area contributed by atoms with Crippen LogP contribution < -0.4 is 14.2 Å². The molecule has 0 unspecified atom stereocenters. The fourth-order valence-electron chi connectivity index (χ4n) is 4.30. The number of ether oxygens (including phenoxy) is 3. The van der Waals surface area contributed by atoms with Crippen molar-refractivity contribution in [2.24, 2.45) is 0 Å². The van der Waals surface area contributed by atoms with Crippen molar-refractivity contribution in [1.82, 2.24) is 0 Å². The quantitative estimate of drug-likeness (QED) is 0.0307. The van der Waals surface area contributed by atoms with Crippen LogP contribution in [0.5, 0.6) is 28.7 Å². The number of hydrogen-bond acceptors (Lipinski definition) is 7. The molecule has 14 heteroatoms. The first-order valence-corrected chi connectivity index (χ1v) is 14.0. The molecule has 248 valence electrons. The van der Waals surface area contributed by atoms with E-state index < -0.39 is 57.1 Å². The van der Waals surface area contributed by atoms with Gasteiger partial charge in [-0.15, -0.1) is 0 Å². The zero-order valence-corrected chi connectivity index (χ0v) is 24.5. The third-order valence-electron chi connectivity index (χ3n) is 6.63. The van der Waals surface area contributed by atoms with Gasteiger partial charge in [0.05, 0.1) is 4.92 Å². The van der Waals surface area contributed by atoms with Gasteiger partial charge in [-0.2, -0.15) is 22.0 Å². The molecule has 0 bridgehead atoms. The summed E-state index contributed by atoms with van der Waals surface area (Å²) in [5.74, 6) is -11.4. The zero-order valence-electron chi connectivity index (χ0n) is 24.5. The lowest BCUT2D eigenvalue weighted by Crippen LogP contribution is -2.14. The highest BCUT2D eigenvalue weighted by Crippen LogP contribution is 2.47. The second-order valence-electron chi connectivity index (χ2n) is 9.99. The Hall–Kier alpha value is -5.60. The van der Waals surface area contributed by atoms with E-state index in [4.69, 9.17) is 24.0 Å². The topological polar surface area (TPSA) is 89.3 Å². The molecule has 0 aliphatic rings. The second kappa shape index (κ2) is 14.9. The SMILES string of the molecule is O=[N+]([O-])c1ccc(Oc2c(F)c(F)c(C(F)(F)F)c(Oc3ccc(COOCc4ccccc4)cc3)c2F)cc1OCc1ccccc1. The number of nitrogens with zero attached hydrogens (tertiary/aromatic N) is 1. The Bertz CT molecular complexity index is 1870. The summed E-state index contributed by atoms with van der Waals surface area (Å²) in [6, 6.07) is 25.3. The number of nitro benzene ring substituents is 1. The largest absolute Gasteiger partial charge is 0.482 e. The normalized spacial score (nSPS) is 11.3. The summed E-state index contributed by atoms with van der Waals surface area (Å²) in [7, 11) is 0. The van der Waals surface area contributed by atoms with E-state index in [1.165, 1.54) is 12.1 Å². The van der Waals surface area contributed by atoms with E-state index in [1.54, 1.807) is 30.3 Å². The van der Waals surface area contributed by atoms with Crippen molar-refractivity contribution in [2.75, 3.05) is 0 Å². The van der Waals surface area contributed by atoms with Crippen LogP contribution in [0.1, 0.15) is 22.3 Å². The van der Waals surface area contributed by atoms with Gasteiger partial charge >= 0.3 is 11.9 Å². The number of hydrogen-bond donors (Lipinski definition) is 0. The number of alkyl halides is 3. The van der Waals surface area contributed by atoms with Gasteiger partial charge in [-0.1, -0.05) is 72.8 Å². The van der Waals surface area contributed by atoms with Crippen molar-refractivity contribution in [3.05, 3.63) is 153 Å². The molecule has 0 aliphatic heterocycles. The molecule has 0 N–H and O–H groups in total. The van der Waals surface area contributed by atoms with Crippen molar-refractivity contribution in [1.29, 1.82) is 0 Å². The summed E-state index contributed by atoms with van der Waals surface area (Å²) in [6.07, 6.45) is -5.59. The molecule has 0 heterocycles. The maximum Gasteiger partial charge on any atom is 0.423 e. The van der Waals surface area contributed by atoms with Crippen LogP contribution in [0.2, 0.25) is 0 Å². The molecule has 48 heavy (non-hydrogen) atoms. The Kier molecular flexibility index (Phi) is 10.5. The van der Waals surface area contributed by atoms with Gasteiger partial charge in [-0.3, -0.25) is 10.1 Å². The summed E-state index contributed by atoms with van der Waals surface area (Å²) < 4.78 is 103. The smallest absolute Gasteiger partial charge is 0.423 e. The Morgan fingerprint density at radius 1 is 0.604 bits per heavy atom. The minimum absolute atomic E-state index is 0.0648. The van der Waals surface area contributed by atoms with Gasteiger partial charge in [0, 0.05) is 12.1 Å². The first-order chi connectivity index (χ1) is 23.0. The van der Waals surface area contributed by atoms with E-state index in [1.807, 2.05) is 30.3 Å². The predicted molar refractivity (Wildman–Crippen MR) is 158 cm³/mol. The molecule has 5 aromatic rings. The summed E-state index contributed by atoms with van der Waals surface area (Å²) in [6.45, 7) is -0.0545. The van der Waals surface area contributed by atoms with Crippen molar-refractivity contribution in [2.45, 2.75) is 26.0 Å². The molecule has 0 fully saturated rings. The van der Waals surface area contributed by atoms with Gasteiger partial charge in [-0.25, -0.2) is 14.2 Å². The van der Waals surface area contributed by atoms with E-state index in [2.05, 4.69) is 0 Å². The van der Waals surface area contributed by atoms with Crippen LogP contribution in [0.4, 0.5) is 32.0 Å². The van der Waals surface area contributed by atoms with Gasteiger partial charge < -0.3 is 14.2 Å². The molecule has 0 amide bonds. The van der Waals surface area contributed by atoms with Crippen LogP contribution in [-0.2, 0) is 35.8 Å². The summed E-state index contributed by atoms with van der Waals surface area (Å²) in [4.78, 5) is 21.0. The lowest BCUT2D eigenvalue weighted by molar-refractivity contribution is -0.386. The molecule has 8 nitrogen and oxygen atoms in total. The lowest BCUT2D eigenvalue weighted by atomic mass is 10.1. The summed E-state index contributed by atoms with van der Waals surface area (Å²) in [5.41, 5.74) is -0.923. The molecule has 0 aliphatic carbocycles. The first kappa shape index (κ1) is 33.8. The number of rotatable bonds is 13. The Balaban J connectivity index is 1.38. The van der Waals surface area contributed by atoms with Crippen molar-refractivity contribution >= 4 is 5.69 Å². The highest BCUT2D eigenvalue weighted by molar-refractivity contribution is 5.54. The Labute approximate surface area is 268 Å².